The van der Waals surface area contributed by atoms with E-state index in [1.807, 2.05) is 19.1 Å². The van der Waals surface area contributed by atoms with Crippen molar-refractivity contribution < 1.29 is 8.42 Å². The lowest BCUT2D eigenvalue weighted by Gasteiger charge is -2.10. The van der Waals surface area contributed by atoms with Gasteiger partial charge in [-0.1, -0.05) is 19.1 Å². The van der Waals surface area contributed by atoms with Crippen LogP contribution in [0.2, 0.25) is 0 Å². The molecular formula is C12H20N2O2S. The van der Waals surface area contributed by atoms with Crippen molar-refractivity contribution in [2.24, 2.45) is 5.73 Å². The quantitative estimate of drug-likeness (QED) is 0.794. The van der Waals surface area contributed by atoms with Gasteiger partial charge in [-0.05, 0) is 24.1 Å². The van der Waals surface area contributed by atoms with Crippen LogP contribution < -0.4 is 11.1 Å². The number of hydrogen-bond donors (Lipinski definition) is 2. The van der Waals surface area contributed by atoms with Gasteiger partial charge in [-0.25, -0.2) is 8.42 Å². The number of rotatable bonds is 6. The highest BCUT2D eigenvalue weighted by Gasteiger charge is 2.06. The molecule has 0 fully saturated rings. The molecule has 17 heavy (non-hydrogen) atoms. The van der Waals surface area contributed by atoms with E-state index in [2.05, 4.69) is 5.32 Å². The molecule has 3 N–H and O–H groups in total. The molecule has 1 atom stereocenters. The fourth-order valence-corrected chi connectivity index (χ4v) is 2.03. The predicted molar refractivity (Wildman–Crippen MR) is 69.5 cm³/mol. The Morgan fingerprint density at radius 3 is 2.35 bits per heavy atom. The van der Waals surface area contributed by atoms with Crippen molar-refractivity contribution in [2.45, 2.75) is 30.8 Å². The van der Waals surface area contributed by atoms with Crippen molar-refractivity contribution in [1.82, 2.24) is 5.32 Å². The molecule has 0 heterocycles. The lowest BCUT2D eigenvalue weighted by molar-refractivity contribution is 0.563. The summed E-state index contributed by atoms with van der Waals surface area (Å²) in [6, 6.07) is 7.07. The van der Waals surface area contributed by atoms with E-state index < -0.39 is 9.84 Å². The van der Waals surface area contributed by atoms with Crippen LogP contribution in [0.15, 0.2) is 29.2 Å². The maximum Gasteiger partial charge on any atom is 0.175 e. The van der Waals surface area contributed by atoms with E-state index in [9.17, 15) is 8.42 Å². The molecule has 0 spiro atoms. The summed E-state index contributed by atoms with van der Waals surface area (Å²) in [5, 5.41) is 3.24. The summed E-state index contributed by atoms with van der Waals surface area (Å²) in [7, 11) is -3.10. The van der Waals surface area contributed by atoms with Crippen LogP contribution >= 0.6 is 0 Å². The van der Waals surface area contributed by atoms with E-state index in [0.717, 1.165) is 18.5 Å². The molecule has 0 unspecified atom stereocenters. The van der Waals surface area contributed by atoms with Crippen molar-refractivity contribution in [3.05, 3.63) is 29.8 Å². The van der Waals surface area contributed by atoms with Crippen LogP contribution in [-0.2, 0) is 16.4 Å². The molecular weight excluding hydrogens is 236 g/mol. The molecule has 0 aliphatic rings. The Hall–Kier alpha value is -0.910. The third-order valence-corrected chi connectivity index (χ3v) is 3.74. The Kier molecular flexibility index (Phi) is 5.11. The Morgan fingerprint density at radius 2 is 1.88 bits per heavy atom. The Labute approximate surface area is 103 Å². The largest absolute Gasteiger partial charge is 0.327 e. The van der Waals surface area contributed by atoms with E-state index in [4.69, 9.17) is 5.73 Å². The Balaban J connectivity index is 2.52. The van der Waals surface area contributed by atoms with Crippen LogP contribution in [0.5, 0.6) is 0 Å². The maximum absolute atomic E-state index is 11.3. The third kappa shape index (κ3) is 4.85. The Bertz CT molecular complexity index is 440. The summed E-state index contributed by atoms with van der Waals surface area (Å²) in [6.45, 7) is 3.52. The SMILES string of the molecule is CC[C@H](N)CNCc1ccc(S(C)(=O)=O)cc1. The molecule has 0 aliphatic heterocycles. The lowest BCUT2D eigenvalue weighted by atomic mass is 10.2. The summed E-state index contributed by atoms with van der Waals surface area (Å²) < 4.78 is 22.5. The van der Waals surface area contributed by atoms with E-state index in [0.29, 0.717) is 11.4 Å². The molecule has 1 rings (SSSR count). The average Bonchev–Trinajstić information content (AvgIpc) is 2.28. The van der Waals surface area contributed by atoms with Crippen LogP contribution in [0, 0.1) is 0 Å². The molecule has 0 radical (unpaired) electrons. The van der Waals surface area contributed by atoms with Gasteiger partial charge in [0.2, 0.25) is 0 Å². The van der Waals surface area contributed by atoms with Gasteiger partial charge in [0.05, 0.1) is 4.90 Å². The molecule has 0 aromatic heterocycles. The summed E-state index contributed by atoms with van der Waals surface area (Å²) in [4.78, 5) is 0.353. The minimum atomic E-state index is -3.10. The number of nitrogens with two attached hydrogens (primary N) is 1. The molecule has 0 saturated heterocycles. The van der Waals surface area contributed by atoms with Gasteiger partial charge in [-0.2, -0.15) is 0 Å². The number of nitrogens with one attached hydrogen (secondary N) is 1. The first kappa shape index (κ1) is 14.2. The zero-order chi connectivity index (χ0) is 12.9. The minimum absolute atomic E-state index is 0.172. The fourth-order valence-electron chi connectivity index (χ4n) is 1.40. The van der Waals surface area contributed by atoms with Crippen molar-refractivity contribution in [1.29, 1.82) is 0 Å². The average molecular weight is 256 g/mol. The van der Waals surface area contributed by atoms with E-state index in [1.165, 1.54) is 6.26 Å². The van der Waals surface area contributed by atoms with Crippen LogP contribution in [-0.4, -0.2) is 27.3 Å². The second-order valence-electron chi connectivity index (χ2n) is 4.22. The first-order valence-electron chi connectivity index (χ1n) is 5.68. The zero-order valence-electron chi connectivity index (χ0n) is 10.3. The normalized spacial score (nSPS) is 13.6. The number of benzene rings is 1. The van der Waals surface area contributed by atoms with Crippen molar-refractivity contribution in [3.8, 4) is 0 Å². The van der Waals surface area contributed by atoms with Crippen LogP contribution in [0.25, 0.3) is 0 Å². The van der Waals surface area contributed by atoms with Crippen molar-refractivity contribution in [3.63, 3.8) is 0 Å². The number of sulfone groups is 1. The molecule has 0 amide bonds. The van der Waals surface area contributed by atoms with Crippen LogP contribution in [0.3, 0.4) is 0 Å². The standard InChI is InChI=1S/C12H20N2O2S/c1-3-11(13)9-14-8-10-4-6-12(7-5-10)17(2,15)16/h4-7,11,14H,3,8-9,13H2,1-2H3/t11-/m0/s1. The summed E-state index contributed by atoms with van der Waals surface area (Å²) in [5.41, 5.74) is 6.83. The van der Waals surface area contributed by atoms with E-state index in [-0.39, 0.29) is 6.04 Å². The lowest BCUT2D eigenvalue weighted by Crippen LogP contribution is -2.32. The summed E-state index contributed by atoms with van der Waals surface area (Å²) in [5.74, 6) is 0. The van der Waals surface area contributed by atoms with Gasteiger partial charge in [-0.3, -0.25) is 0 Å². The molecule has 1 aromatic carbocycles. The molecule has 0 aliphatic carbocycles. The summed E-state index contributed by atoms with van der Waals surface area (Å²) >= 11 is 0. The van der Waals surface area contributed by atoms with Gasteiger partial charge < -0.3 is 11.1 Å². The Morgan fingerprint density at radius 1 is 1.29 bits per heavy atom. The van der Waals surface area contributed by atoms with Gasteiger partial charge >= 0.3 is 0 Å². The van der Waals surface area contributed by atoms with Crippen LogP contribution in [0.1, 0.15) is 18.9 Å². The summed E-state index contributed by atoms with van der Waals surface area (Å²) in [6.07, 6.45) is 2.15. The highest BCUT2D eigenvalue weighted by atomic mass is 32.2. The van der Waals surface area contributed by atoms with E-state index >= 15 is 0 Å². The van der Waals surface area contributed by atoms with Gasteiger partial charge in [0.1, 0.15) is 0 Å². The number of hydrogen-bond acceptors (Lipinski definition) is 4. The van der Waals surface area contributed by atoms with Crippen LogP contribution in [0.4, 0.5) is 0 Å². The molecule has 0 saturated carbocycles. The fraction of sp³-hybridized carbons (Fsp3) is 0.500. The predicted octanol–water partition coefficient (Wildman–Crippen LogP) is 0.917. The molecule has 96 valence electrons. The molecule has 1 aromatic rings. The minimum Gasteiger partial charge on any atom is -0.327 e. The molecule has 0 bridgehead atoms. The van der Waals surface area contributed by atoms with Gasteiger partial charge in [0, 0.05) is 25.4 Å². The third-order valence-electron chi connectivity index (χ3n) is 2.61. The topological polar surface area (TPSA) is 72.2 Å². The smallest absolute Gasteiger partial charge is 0.175 e. The zero-order valence-corrected chi connectivity index (χ0v) is 11.1. The highest BCUT2D eigenvalue weighted by Crippen LogP contribution is 2.10. The maximum atomic E-state index is 11.3. The molecule has 5 heteroatoms. The molecule has 4 nitrogen and oxygen atoms in total. The first-order chi connectivity index (χ1) is 7.93. The van der Waals surface area contributed by atoms with Crippen molar-refractivity contribution in [2.75, 3.05) is 12.8 Å². The monoisotopic (exact) mass is 256 g/mol. The first-order valence-corrected chi connectivity index (χ1v) is 7.58. The van der Waals surface area contributed by atoms with Gasteiger partial charge in [-0.15, -0.1) is 0 Å². The van der Waals surface area contributed by atoms with Gasteiger partial charge in [0.15, 0.2) is 9.84 Å². The van der Waals surface area contributed by atoms with Gasteiger partial charge in [0.25, 0.3) is 0 Å². The van der Waals surface area contributed by atoms with E-state index in [1.54, 1.807) is 12.1 Å². The second-order valence-corrected chi connectivity index (χ2v) is 6.23. The highest BCUT2D eigenvalue weighted by molar-refractivity contribution is 7.90. The van der Waals surface area contributed by atoms with Crippen molar-refractivity contribution >= 4 is 9.84 Å². The second kappa shape index (κ2) is 6.14.